The number of ketones is 1. The van der Waals surface area contributed by atoms with E-state index in [9.17, 15) is 10.1 Å². The second-order valence-electron chi connectivity index (χ2n) is 8.08. The number of rotatable bonds is 8. The van der Waals surface area contributed by atoms with Crippen molar-refractivity contribution in [2.75, 3.05) is 19.8 Å². The van der Waals surface area contributed by atoms with Crippen molar-refractivity contribution in [2.24, 2.45) is 22.6 Å². The summed E-state index contributed by atoms with van der Waals surface area (Å²) in [5.41, 5.74) is 8.74. The summed E-state index contributed by atoms with van der Waals surface area (Å²) in [5.74, 6) is 0.724. The molecule has 166 valence electrons. The minimum Gasteiger partial charge on any atom is -0.490 e. The van der Waals surface area contributed by atoms with Gasteiger partial charge in [0.05, 0.1) is 23.1 Å². The van der Waals surface area contributed by atoms with Gasteiger partial charge in [0.25, 0.3) is 0 Å². The maximum Gasteiger partial charge on any atom is 0.175 e. The van der Waals surface area contributed by atoms with Crippen LogP contribution in [0.5, 0.6) is 11.5 Å². The SMILES string of the molecule is CCCC1CC(=O)C2=C(C1)N=C(C)C(C#N)C2c1cc(Br)c(OCCN)c(OCC)c1. The van der Waals surface area contributed by atoms with E-state index in [-0.39, 0.29) is 11.7 Å². The lowest BCUT2D eigenvalue weighted by molar-refractivity contribution is -0.117. The molecule has 6 nitrogen and oxygen atoms in total. The lowest BCUT2D eigenvalue weighted by atomic mass is 9.70. The Morgan fingerprint density at radius 1 is 1.29 bits per heavy atom. The number of hydrogen-bond acceptors (Lipinski definition) is 6. The highest BCUT2D eigenvalue weighted by Crippen LogP contribution is 2.48. The van der Waals surface area contributed by atoms with Crippen molar-refractivity contribution < 1.29 is 14.3 Å². The summed E-state index contributed by atoms with van der Waals surface area (Å²) in [6.07, 6.45) is 3.37. The molecule has 1 aliphatic heterocycles. The number of hydrogen-bond donors (Lipinski definition) is 1. The highest BCUT2D eigenvalue weighted by molar-refractivity contribution is 9.10. The molecular formula is C24H30BrN3O3. The molecule has 1 aromatic carbocycles. The summed E-state index contributed by atoms with van der Waals surface area (Å²) in [5, 5.41) is 9.97. The van der Waals surface area contributed by atoms with E-state index in [2.05, 4.69) is 28.9 Å². The topological polar surface area (TPSA) is 97.7 Å². The number of carbonyl (C=O) groups is 1. The van der Waals surface area contributed by atoms with Crippen LogP contribution in [0.1, 0.15) is 57.9 Å². The zero-order chi connectivity index (χ0) is 22.5. The molecule has 0 fully saturated rings. The van der Waals surface area contributed by atoms with Gasteiger partial charge in [-0.25, -0.2) is 0 Å². The van der Waals surface area contributed by atoms with Crippen LogP contribution in [0.3, 0.4) is 0 Å². The zero-order valence-corrected chi connectivity index (χ0v) is 20.0. The Bertz CT molecular complexity index is 948. The maximum absolute atomic E-state index is 13.3. The molecule has 7 heteroatoms. The van der Waals surface area contributed by atoms with Crippen LogP contribution in [0.2, 0.25) is 0 Å². The third-order valence-electron chi connectivity index (χ3n) is 5.86. The molecule has 0 amide bonds. The van der Waals surface area contributed by atoms with Gasteiger partial charge in [0.1, 0.15) is 6.61 Å². The summed E-state index contributed by atoms with van der Waals surface area (Å²) < 4.78 is 12.4. The molecule has 0 aromatic heterocycles. The van der Waals surface area contributed by atoms with Gasteiger partial charge in [-0.1, -0.05) is 13.3 Å². The minimum absolute atomic E-state index is 0.110. The molecule has 3 unspecified atom stereocenters. The maximum atomic E-state index is 13.3. The first-order valence-corrected chi connectivity index (χ1v) is 11.7. The van der Waals surface area contributed by atoms with Crippen LogP contribution in [0.25, 0.3) is 0 Å². The molecule has 1 heterocycles. The van der Waals surface area contributed by atoms with Crippen molar-refractivity contribution in [1.82, 2.24) is 0 Å². The van der Waals surface area contributed by atoms with Gasteiger partial charge in [-0.05, 0) is 66.2 Å². The monoisotopic (exact) mass is 487 g/mol. The highest BCUT2D eigenvalue weighted by atomic mass is 79.9. The number of allylic oxidation sites excluding steroid dienone is 2. The number of halogens is 1. The van der Waals surface area contributed by atoms with E-state index >= 15 is 0 Å². The predicted molar refractivity (Wildman–Crippen MR) is 124 cm³/mol. The number of nitrogens with zero attached hydrogens (tertiary/aromatic N) is 2. The quantitative estimate of drug-likeness (QED) is 0.561. The normalized spacial score (nSPS) is 23.2. The number of ether oxygens (including phenoxy) is 2. The summed E-state index contributed by atoms with van der Waals surface area (Å²) >= 11 is 3.60. The molecule has 1 aromatic rings. The summed E-state index contributed by atoms with van der Waals surface area (Å²) in [4.78, 5) is 18.0. The second kappa shape index (κ2) is 10.4. The van der Waals surface area contributed by atoms with E-state index in [1.165, 1.54) is 0 Å². The van der Waals surface area contributed by atoms with Crippen molar-refractivity contribution in [3.05, 3.63) is 33.4 Å². The smallest absolute Gasteiger partial charge is 0.175 e. The van der Waals surface area contributed by atoms with Gasteiger partial charge in [0.2, 0.25) is 0 Å². The molecule has 0 bridgehead atoms. The third-order valence-corrected chi connectivity index (χ3v) is 6.45. The molecule has 3 rings (SSSR count). The molecule has 0 saturated carbocycles. The number of carbonyl (C=O) groups excluding carboxylic acids is 1. The first kappa shape index (κ1) is 23.5. The van der Waals surface area contributed by atoms with Crippen LogP contribution >= 0.6 is 15.9 Å². The number of benzene rings is 1. The Kier molecular flexibility index (Phi) is 7.90. The van der Waals surface area contributed by atoms with Gasteiger partial charge in [-0.15, -0.1) is 0 Å². The Labute approximate surface area is 192 Å². The van der Waals surface area contributed by atoms with E-state index in [4.69, 9.17) is 20.2 Å². The summed E-state index contributed by atoms with van der Waals surface area (Å²) in [6, 6.07) is 6.21. The Morgan fingerprint density at radius 2 is 2.06 bits per heavy atom. The van der Waals surface area contributed by atoms with Gasteiger partial charge in [-0.2, -0.15) is 5.26 Å². The molecule has 0 spiro atoms. The molecular weight excluding hydrogens is 458 g/mol. The largest absolute Gasteiger partial charge is 0.490 e. The fraction of sp³-hybridized carbons (Fsp3) is 0.542. The molecule has 0 radical (unpaired) electrons. The summed E-state index contributed by atoms with van der Waals surface area (Å²) in [6.45, 7) is 7.14. The van der Waals surface area contributed by atoms with Crippen molar-refractivity contribution in [3.8, 4) is 17.6 Å². The lowest BCUT2D eigenvalue weighted by Gasteiger charge is -2.35. The number of aliphatic imine (C=N–C) groups is 1. The number of Topliss-reactive ketones (excluding diaryl/α,β-unsaturated/α-hetero) is 1. The number of nitrogens with two attached hydrogens (primary N) is 1. The third kappa shape index (κ3) is 4.86. The Balaban J connectivity index is 2.12. The van der Waals surface area contributed by atoms with Crippen molar-refractivity contribution >= 4 is 27.4 Å². The molecule has 2 aliphatic rings. The zero-order valence-electron chi connectivity index (χ0n) is 18.4. The Morgan fingerprint density at radius 3 is 2.71 bits per heavy atom. The first-order valence-electron chi connectivity index (χ1n) is 10.9. The van der Waals surface area contributed by atoms with E-state index < -0.39 is 5.92 Å². The Hall–Kier alpha value is -2.17. The van der Waals surface area contributed by atoms with Gasteiger partial charge >= 0.3 is 0 Å². The van der Waals surface area contributed by atoms with Crippen LogP contribution in [0.4, 0.5) is 0 Å². The van der Waals surface area contributed by atoms with Crippen LogP contribution in [0, 0.1) is 23.2 Å². The molecule has 1 aliphatic carbocycles. The minimum atomic E-state index is -0.498. The molecule has 2 N–H and O–H groups in total. The standard InChI is InChI=1S/C24H30BrN3O3/c1-4-6-15-9-19-23(20(29)10-15)22(17(13-27)14(3)28-19)16-11-18(25)24(31-8-7-26)21(12-16)30-5-2/h11-12,15,17,22H,4-10,26H2,1-3H3. The first-order chi connectivity index (χ1) is 14.9. The predicted octanol–water partition coefficient (Wildman–Crippen LogP) is 4.92. The second-order valence-corrected chi connectivity index (χ2v) is 8.94. The van der Waals surface area contributed by atoms with E-state index in [1.807, 2.05) is 26.0 Å². The van der Waals surface area contributed by atoms with Crippen LogP contribution in [-0.2, 0) is 4.79 Å². The summed E-state index contributed by atoms with van der Waals surface area (Å²) in [7, 11) is 0. The van der Waals surface area contributed by atoms with Gasteiger partial charge < -0.3 is 15.2 Å². The number of nitriles is 1. The van der Waals surface area contributed by atoms with E-state index in [1.54, 1.807) is 0 Å². The van der Waals surface area contributed by atoms with Crippen LogP contribution in [-0.4, -0.2) is 31.3 Å². The lowest BCUT2D eigenvalue weighted by Crippen LogP contribution is -2.32. The van der Waals surface area contributed by atoms with Crippen molar-refractivity contribution in [1.29, 1.82) is 5.26 Å². The molecule has 31 heavy (non-hydrogen) atoms. The average molecular weight is 488 g/mol. The fourth-order valence-corrected chi connectivity index (χ4v) is 5.18. The van der Waals surface area contributed by atoms with E-state index in [0.717, 1.165) is 36.2 Å². The average Bonchev–Trinajstić information content (AvgIpc) is 2.72. The fourth-order valence-electron chi connectivity index (χ4n) is 4.61. The van der Waals surface area contributed by atoms with Gasteiger partial charge in [0.15, 0.2) is 17.3 Å². The van der Waals surface area contributed by atoms with Crippen molar-refractivity contribution in [3.63, 3.8) is 0 Å². The van der Waals surface area contributed by atoms with Crippen LogP contribution in [0.15, 0.2) is 32.9 Å². The molecule has 0 saturated heterocycles. The molecule has 3 atom stereocenters. The highest BCUT2D eigenvalue weighted by Gasteiger charge is 2.41. The van der Waals surface area contributed by atoms with Crippen molar-refractivity contribution in [2.45, 2.75) is 52.4 Å². The van der Waals surface area contributed by atoms with Crippen LogP contribution < -0.4 is 15.2 Å². The van der Waals surface area contributed by atoms with Gasteiger partial charge in [-0.3, -0.25) is 9.79 Å². The van der Waals surface area contributed by atoms with Gasteiger partial charge in [0, 0.05) is 35.9 Å². The van der Waals surface area contributed by atoms with E-state index in [0.29, 0.717) is 53.6 Å².